The molecule has 4 nitrogen and oxygen atoms in total. The van der Waals surface area contributed by atoms with E-state index in [1.165, 1.54) is 0 Å². The van der Waals surface area contributed by atoms with Gasteiger partial charge in [-0.15, -0.1) is 0 Å². The van der Waals surface area contributed by atoms with Crippen LogP contribution in [0, 0.1) is 0 Å². The van der Waals surface area contributed by atoms with Gasteiger partial charge in [0, 0.05) is 0 Å². The standard InChI is InChI=1S/C11H30O4Si3/c1-7-10-17(5,13)15-18(6,11-8-2)14-16(4,12)9-3/h12-13H,7-11H2,1-6H3. The van der Waals surface area contributed by atoms with E-state index in [0.717, 1.165) is 24.9 Å². The normalized spacial score (nSPS) is 22.0. The van der Waals surface area contributed by atoms with Crippen LogP contribution in [0.25, 0.3) is 0 Å². The molecule has 0 fully saturated rings. The third kappa shape index (κ3) is 7.17. The first-order valence-corrected chi connectivity index (χ1v) is 14.6. The van der Waals surface area contributed by atoms with E-state index in [0.29, 0.717) is 6.04 Å². The number of hydrogen-bond donors (Lipinski definition) is 2. The highest BCUT2D eigenvalue weighted by atomic mass is 28.5. The predicted molar refractivity (Wildman–Crippen MR) is 82.1 cm³/mol. The Morgan fingerprint density at radius 2 is 1.22 bits per heavy atom. The van der Waals surface area contributed by atoms with E-state index in [1.54, 1.807) is 6.55 Å². The zero-order chi connectivity index (χ0) is 14.4. The van der Waals surface area contributed by atoms with Gasteiger partial charge in [0.05, 0.1) is 0 Å². The Morgan fingerprint density at radius 3 is 1.61 bits per heavy atom. The lowest BCUT2D eigenvalue weighted by Gasteiger charge is -2.38. The molecule has 0 radical (unpaired) electrons. The van der Waals surface area contributed by atoms with Crippen LogP contribution in [0.5, 0.6) is 0 Å². The molecule has 0 rings (SSSR count). The molecule has 0 aromatic carbocycles. The van der Waals surface area contributed by atoms with Crippen LogP contribution in [0.2, 0.25) is 37.8 Å². The highest BCUT2D eigenvalue weighted by Gasteiger charge is 2.44. The largest absolute Gasteiger partial charge is 0.415 e. The average molecular weight is 311 g/mol. The Hall–Kier alpha value is 0.491. The highest BCUT2D eigenvalue weighted by Crippen LogP contribution is 2.26. The molecule has 0 aliphatic carbocycles. The van der Waals surface area contributed by atoms with Gasteiger partial charge in [-0.1, -0.05) is 33.6 Å². The van der Waals surface area contributed by atoms with Gasteiger partial charge < -0.3 is 17.8 Å². The lowest BCUT2D eigenvalue weighted by molar-refractivity contribution is 0.278. The smallest absolute Gasteiger partial charge is 0.323 e. The minimum Gasteiger partial charge on any atom is -0.415 e. The van der Waals surface area contributed by atoms with Crippen LogP contribution >= 0.6 is 0 Å². The van der Waals surface area contributed by atoms with Gasteiger partial charge in [-0.25, -0.2) is 0 Å². The summed E-state index contributed by atoms with van der Waals surface area (Å²) in [6.45, 7) is 11.7. The zero-order valence-electron chi connectivity index (χ0n) is 12.7. The molecule has 3 unspecified atom stereocenters. The second-order valence-electron chi connectivity index (χ2n) is 5.54. The molecule has 0 aromatic heterocycles. The minimum absolute atomic E-state index is 0.653. The van der Waals surface area contributed by atoms with Crippen molar-refractivity contribution in [2.24, 2.45) is 0 Å². The maximum absolute atomic E-state index is 10.4. The van der Waals surface area contributed by atoms with Crippen molar-refractivity contribution < 1.29 is 17.8 Å². The molecule has 0 aromatic rings. The van der Waals surface area contributed by atoms with Crippen molar-refractivity contribution in [2.75, 3.05) is 0 Å². The molecule has 0 saturated heterocycles. The fourth-order valence-corrected chi connectivity index (χ4v) is 13.7. The zero-order valence-corrected chi connectivity index (χ0v) is 15.7. The molecular formula is C11H30O4Si3. The topological polar surface area (TPSA) is 58.9 Å². The van der Waals surface area contributed by atoms with Crippen molar-refractivity contribution in [2.45, 2.75) is 71.4 Å². The summed E-state index contributed by atoms with van der Waals surface area (Å²) >= 11 is 0. The average Bonchev–Trinajstić information content (AvgIpc) is 2.15. The fraction of sp³-hybridized carbons (Fsp3) is 1.00. The predicted octanol–water partition coefficient (Wildman–Crippen LogP) is 3.06. The van der Waals surface area contributed by atoms with Gasteiger partial charge in [0.1, 0.15) is 0 Å². The van der Waals surface area contributed by atoms with Crippen molar-refractivity contribution in [1.82, 2.24) is 0 Å². The van der Waals surface area contributed by atoms with Gasteiger partial charge in [0.25, 0.3) is 0 Å². The summed E-state index contributed by atoms with van der Waals surface area (Å²) in [5, 5.41) is 0. The second-order valence-corrected chi connectivity index (χ2v) is 15.8. The lowest BCUT2D eigenvalue weighted by atomic mass is 10.6. The Bertz CT molecular complexity index is 248. The summed E-state index contributed by atoms with van der Waals surface area (Å²) < 4.78 is 12.0. The van der Waals surface area contributed by atoms with Crippen LogP contribution in [0.15, 0.2) is 0 Å². The van der Waals surface area contributed by atoms with Crippen LogP contribution in [0.4, 0.5) is 0 Å². The van der Waals surface area contributed by atoms with Gasteiger partial charge in [-0.3, -0.25) is 0 Å². The molecular weight excluding hydrogens is 280 g/mol. The minimum atomic E-state index is -2.64. The van der Waals surface area contributed by atoms with E-state index in [9.17, 15) is 9.59 Å². The van der Waals surface area contributed by atoms with Crippen molar-refractivity contribution in [3.05, 3.63) is 0 Å². The van der Waals surface area contributed by atoms with Gasteiger partial charge in [-0.05, 0) is 37.8 Å². The van der Waals surface area contributed by atoms with Crippen molar-refractivity contribution in [3.8, 4) is 0 Å². The number of hydrogen-bond acceptors (Lipinski definition) is 4. The first kappa shape index (κ1) is 18.5. The van der Waals surface area contributed by atoms with Crippen LogP contribution in [-0.4, -0.2) is 35.3 Å². The van der Waals surface area contributed by atoms with E-state index in [-0.39, 0.29) is 0 Å². The van der Waals surface area contributed by atoms with Gasteiger partial charge in [-0.2, -0.15) is 0 Å². The highest BCUT2D eigenvalue weighted by molar-refractivity contribution is 6.85. The Labute approximate surface area is 115 Å². The molecule has 0 amide bonds. The maximum Gasteiger partial charge on any atom is 0.323 e. The van der Waals surface area contributed by atoms with E-state index >= 15 is 0 Å². The van der Waals surface area contributed by atoms with Crippen LogP contribution in [-0.2, 0) is 8.23 Å². The van der Waals surface area contributed by atoms with Crippen LogP contribution in [0.3, 0.4) is 0 Å². The van der Waals surface area contributed by atoms with E-state index < -0.39 is 25.7 Å². The molecule has 0 heterocycles. The van der Waals surface area contributed by atoms with Crippen LogP contribution < -0.4 is 0 Å². The molecule has 18 heavy (non-hydrogen) atoms. The third-order valence-electron chi connectivity index (χ3n) is 2.95. The van der Waals surface area contributed by atoms with Gasteiger partial charge in [0.2, 0.25) is 0 Å². The van der Waals surface area contributed by atoms with E-state index in [2.05, 4.69) is 6.92 Å². The molecule has 0 spiro atoms. The summed E-state index contributed by atoms with van der Waals surface area (Å²) in [4.78, 5) is 20.6. The summed E-state index contributed by atoms with van der Waals surface area (Å²) in [7, 11) is -7.72. The van der Waals surface area contributed by atoms with E-state index in [1.807, 2.05) is 26.9 Å². The van der Waals surface area contributed by atoms with Crippen molar-refractivity contribution in [3.63, 3.8) is 0 Å². The SMILES string of the molecule is CCC[Si](C)(O)O[Si](C)(CCC)O[Si](C)(O)CC. The summed E-state index contributed by atoms with van der Waals surface area (Å²) in [5.41, 5.74) is 0. The molecule has 0 saturated carbocycles. The Balaban J connectivity index is 4.81. The quantitative estimate of drug-likeness (QED) is 0.643. The first-order chi connectivity index (χ1) is 8.10. The summed E-state index contributed by atoms with van der Waals surface area (Å²) in [5.74, 6) is 0. The van der Waals surface area contributed by atoms with Crippen LogP contribution in [0.1, 0.15) is 33.6 Å². The van der Waals surface area contributed by atoms with E-state index in [4.69, 9.17) is 8.23 Å². The molecule has 7 heteroatoms. The van der Waals surface area contributed by atoms with Gasteiger partial charge in [0.15, 0.2) is 0 Å². The molecule has 2 N–H and O–H groups in total. The summed E-state index contributed by atoms with van der Waals surface area (Å²) in [6, 6.07) is 2.20. The molecule has 3 atom stereocenters. The molecule has 0 bridgehead atoms. The third-order valence-corrected chi connectivity index (χ3v) is 14.1. The summed E-state index contributed by atoms with van der Waals surface area (Å²) in [6.07, 6.45) is 1.87. The van der Waals surface area contributed by atoms with Gasteiger partial charge >= 0.3 is 25.7 Å². The maximum atomic E-state index is 10.4. The molecule has 0 aliphatic rings. The number of rotatable bonds is 9. The Kier molecular flexibility index (Phi) is 7.52. The monoisotopic (exact) mass is 310 g/mol. The lowest BCUT2D eigenvalue weighted by Crippen LogP contribution is -2.56. The van der Waals surface area contributed by atoms with Crippen molar-refractivity contribution >= 4 is 25.7 Å². The molecule has 110 valence electrons. The fourth-order valence-electron chi connectivity index (χ4n) is 2.09. The Morgan fingerprint density at radius 1 is 0.778 bits per heavy atom. The second kappa shape index (κ2) is 7.32. The van der Waals surface area contributed by atoms with Crippen molar-refractivity contribution in [1.29, 1.82) is 0 Å². The first-order valence-electron chi connectivity index (χ1n) is 6.95. The molecule has 0 aliphatic heterocycles.